The van der Waals surface area contributed by atoms with Gasteiger partial charge in [-0.2, -0.15) is 5.10 Å². The first-order valence-corrected chi connectivity index (χ1v) is 5.46. The maximum atomic E-state index is 5.05. The zero-order chi connectivity index (χ0) is 9.97. The normalized spacial score (nSPS) is 10.4. The molecule has 2 N–H and O–H groups in total. The molecule has 2 heterocycles. The highest BCUT2D eigenvalue weighted by Crippen LogP contribution is 2.08. The van der Waals surface area contributed by atoms with E-state index in [1.807, 2.05) is 13.0 Å². The summed E-state index contributed by atoms with van der Waals surface area (Å²) in [6, 6.07) is 4.11. The van der Waals surface area contributed by atoms with E-state index < -0.39 is 0 Å². The highest BCUT2D eigenvalue weighted by molar-refractivity contribution is 7.71. The van der Waals surface area contributed by atoms with Gasteiger partial charge < -0.3 is 5.43 Å². The van der Waals surface area contributed by atoms with Gasteiger partial charge in [-0.05, 0) is 30.6 Å². The van der Waals surface area contributed by atoms with E-state index in [9.17, 15) is 0 Å². The van der Waals surface area contributed by atoms with Gasteiger partial charge in [0.05, 0.1) is 6.54 Å². The average molecular weight is 226 g/mol. The van der Waals surface area contributed by atoms with Gasteiger partial charge in [0.25, 0.3) is 0 Å². The van der Waals surface area contributed by atoms with Crippen LogP contribution in [-0.2, 0) is 6.54 Å². The van der Waals surface area contributed by atoms with Crippen molar-refractivity contribution in [1.29, 1.82) is 0 Å². The molecule has 0 radical (unpaired) electrons. The van der Waals surface area contributed by atoms with Crippen molar-refractivity contribution in [2.24, 2.45) is 0 Å². The van der Waals surface area contributed by atoms with Crippen LogP contribution in [0.5, 0.6) is 0 Å². The topological polar surface area (TPSA) is 45.6 Å². The van der Waals surface area contributed by atoms with Crippen molar-refractivity contribution in [3.05, 3.63) is 33.0 Å². The molecule has 0 spiro atoms. The van der Waals surface area contributed by atoms with E-state index >= 15 is 0 Å². The first kappa shape index (κ1) is 9.42. The molecule has 0 saturated carbocycles. The van der Waals surface area contributed by atoms with Crippen molar-refractivity contribution >= 4 is 23.6 Å². The van der Waals surface area contributed by atoms with Crippen LogP contribution >= 0.6 is 23.6 Å². The highest BCUT2D eigenvalue weighted by Gasteiger charge is 1.99. The number of nitrogens with zero attached hydrogens (tertiary/aromatic N) is 2. The third kappa shape index (κ3) is 1.85. The number of hydrogen-bond donors (Lipinski definition) is 2. The van der Waals surface area contributed by atoms with E-state index in [4.69, 9.17) is 12.2 Å². The van der Waals surface area contributed by atoms with Crippen LogP contribution < -0.4 is 5.43 Å². The Bertz CT molecular complexity index is 454. The lowest BCUT2D eigenvalue weighted by Crippen LogP contribution is -2.15. The summed E-state index contributed by atoms with van der Waals surface area (Å²) >= 11 is 6.77. The molecule has 0 aliphatic rings. The summed E-state index contributed by atoms with van der Waals surface area (Å²) in [7, 11) is 0. The number of H-pyrrole nitrogens is 1. The quantitative estimate of drug-likeness (QED) is 0.787. The first-order valence-electron chi connectivity index (χ1n) is 4.17. The van der Waals surface area contributed by atoms with E-state index in [1.165, 1.54) is 4.88 Å². The Morgan fingerprint density at radius 3 is 3.14 bits per heavy atom. The lowest BCUT2D eigenvalue weighted by Gasteiger charge is -2.05. The molecule has 2 aromatic rings. The molecule has 0 aromatic carbocycles. The van der Waals surface area contributed by atoms with Crippen LogP contribution in [0.4, 0.5) is 0 Å². The molecule has 0 amide bonds. The average Bonchev–Trinajstić information content (AvgIpc) is 2.76. The maximum Gasteiger partial charge on any atom is 0.214 e. The second-order valence-electron chi connectivity index (χ2n) is 2.83. The number of rotatable bonds is 3. The van der Waals surface area contributed by atoms with Crippen LogP contribution in [-0.4, -0.2) is 14.9 Å². The molecular formula is C8H10N4S2. The van der Waals surface area contributed by atoms with Crippen molar-refractivity contribution in [3.63, 3.8) is 0 Å². The van der Waals surface area contributed by atoms with Crippen LogP contribution in [0.1, 0.15) is 10.7 Å². The van der Waals surface area contributed by atoms with E-state index in [2.05, 4.69) is 27.1 Å². The molecular weight excluding hydrogens is 216 g/mol. The summed E-state index contributed by atoms with van der Waals surface area (Å²) in [4.78, 5) is 1.27. The minimum Gasteiger partial charge on any atom is -0.317 e. The highest BCUT2D eigenvalue weighted by atomic mass is 32.1. The summed E-state index contributed by atoms with van der Waals surface area (Å²) in [6.07, 6.45) is 0. The van der Waals surface area contributed by atoms with Gasteiger partial charge in [0.15, 0.2) is 0 Å². The summed E-state index contributed by atoms with van der Waals surface area (Å²) in [5, 5.41) is 8.78. The summed E-state index contributed by atoms with van der Waals surface area (Å²) in [5.74, 6) is 0.839. The Labute approximate surface area is 90.6 Å². The van der Waals surface area contributed by atoms with Crippen molar-refractivity contribution in [2.75, 3.05) is 5.43 Å². The number of hydrogen-bond acceptors (Lipinski definition) is 4. The zero-order valence-corrected chi connectivity index (χ0v) is 9.28. The summed E-state index contributed by atoms with van der Waals surface area (Å²) < 4.78 is 2.37. The number of aromatic nitrogens is 3. The van der Waals surface area contributed by atoms with E-state index in [-0.39, 0.29) is 0 Å². The second-order valence-corrected chi connectivity index (χ2v) is 4.24. The molecule has 0 aliphatic heterocycles. The zero-order valence-electron chi connectivity index (χ0n) is 7.65. The molecule has 4 nitrogen and oxygen atoms in total. The van der Waals surface area contributed by atoms with Gasteiger partial charge in [-0.1, -0.05) is 6.07 Å². The number of aryl methyl sites for hydroxylation is 1. The third-order valence-corrected chi connectivity index (χ3v) is 2.98. The molecule has 0 bridgehead atoms. The van der Waals surface area contributed by atoms with Gasteiger partial charge in [0.2, 0.25) is 4.77 Å². The van der Waals surface area contributed by atoms with Crippen molar-refractivity contribution in [3.8, 4) is 0 Å². The fraction of sp³-hybridized carbons (Fsp3) is 0.250. The monoisotopic (exact) mass is 226 g/mol. The molecule has 6 heteroatoms. The van der Waals surface area contributed by atoms with Crippen LogP contribution in [0.15, 0.2) is 17.5 Å². The summed E-state index contributed by atoms with van der Waals surface area (Å²) in [6.45, 7) is 2.67. The SMILES string of the molecule is Cc1n[nH]c(=S)n1NCc1cccs1. The van der Waals surface area contributed by atoms with Gasteiger partial charge in [-0.3, -0.25) is 5.10 Å². The smallest absolute Gasteiger partial charge is 0.214 e. The van der Waals surface area contributed by atoms with Crippen molar-refractivity contribution in [1.82, 2.24) is 14.9 Å². The fourth-order valence-corrected chi connectivity index (χ4v) is 2.01. The van der Waals surface area contributed by atoms with Gasteiger partial charge in [-0.15, -0.1) is 11.3 Å². The van der Waals surface area contributed by atoms with Crippen LogP contribution in [0.2, 0.25) is 0 Å². The summed E-state index contributed by atoms with van der Waals surface area (Å²) in [5.41, 5.74) is 3.19. The number of thiophene rings is 1. The second kappa shape index (κ2) is 3.93. The molecule has 74 valence electrons. The Morgan fingerprint density at radius 2 is 2.57 bits per heavy atom. The maximum absolute atomic E-state index is 5.05. The number of aromatic amines is 1. The molecule has 0 saturated heterocycles. The Morgan fingerprint density at radius 1 is 1.71 bits per heavy atom. The molecule has 0 aliphatic carbocycles. The van der Waals surface area contributed by atoms with E-state index in [1.54, 1.807) is 16.0 Å². The van der Waals surface area contributed by atoms with Crippen molar-refractivity contribution < 1.29 is 0 Å². The molecule has 2 rings (SSSR count). The third-order valence-electron chi connectivity index (χ3n) is 1.83. The van der Waals surface area contributed by atoms with Gasteiger partial charge in [-0.25, -0.2) is 4.68 Å². The predicted molar refractivity (Wildman–Crippen MR) is 59.5 cm³/mol. The first-order chi connectivity index (χ1) is 6.77. The van der Waals surface area contributed by atoms with Crippen LogP contribution in [0, 0.1) is 11.7 Å². The lowest BCUT2D eigenvalue weighted by atomic mass is 10.5. The molecule has 14 heavy (non-hydrogen) atoms. The van der Waals surface area contributed by atoms with Crippen LogP contribution in [0.25, 0.3) is 0 Å². The van der Waals surface area contributed by atoms with E-state index in [0.29, 0.717) is 4.77 Å². The largest absolute Gasteiger partial charge is 0.317 e. The molecule has 2 aromatic heterocycles. The lowest BCUT2D eigenvalue weighted by molar-refractivity contribution is 0.799. The minimum atomic E-state index is 0.596. The number of nitrogens with one attached hydrogen (secondary N) is 2. The standard InChI is InChI=1S/C8H10N4S2/c1-6-10-11-8(13)12(6)9-5-7-3-2-4-14-7/h2-4,9H,5H2,1H3,(H,11,13). The molecule has 0 fully saturated rings. The van der Waals surface area contributed by atoms with Gasteiger partial charge >= 0.3 is 0 Å². The fourth-order valence-electron chi connectivity index (χ4n) is 1.13. The van der Waals surface area contributed by atoms with Gasteiger partial charge in [0, 0.05) is 4.88 Å². The molecule has 0 atom stereocenters. The Kier molecular flexibility index (Phi) is 2.64. The van der Waals surface area contributed by atoms with Gasteiger partial charge in [0.1, 0.15) is 5.82 Å². The Hall–Kier alpha value is -1.14. The van der Waals surface area contributed by atoms with Crippen LogP contribution in [0.3, 0.4) is 0 Å². The molecule has 0 unspecified atom stereocenters. The van der Waals surface area contributed by atoms with E-state index in [0.717, 1.165) is 12.4 Å². The minimum absolute atomic E-state index is 0.596. The van der Waals surface area contributed by atoms with Crippen molar-refractivity contribution in [2.45, 2.75) is 13.5 Å². The predicted octanol–water partition coefficient (Wildman–Crippen LogP) is 2.05. The Balaban J connectivity index is 2.09.